The Morgan fingerprint density at radius 2 is 2.16 bits per heavy atom. The maximum atomic E-state index is 12.2. The number of hydrogen-bond acceptors (Lipinski definition) is 6. The number of rotatable bonds is 5. The lowest BCUT2D eigenvalue weighted by molar-refractivity contribution is -0.113. The fraction of sp³-hybridized carbons (Fsp3) is 0.375. The van der Waals surface area contributed by atoms with E-state index in [1.54, 1.807) is 6.92 Å². The molecule has 0 aromatic carbocycles. The number of hydrogen-bond donors (Lipinski definition) is 3. The first-order valence-electron chi connectivity index (χ1n) is 7.89. The van der Waals surface area contributed by atoms with Crippen molar-refractivity contribution in [2.24, 2.45) is 5.73 Å². The van der Waals surface area contributed by atoms with E-state index < -0.39 is 5.91 Å². The zero-order chi connectivity index (χ0) is 18.0. The molecule has 0 fully saturated rings. The second-order valence-corrected chi connectivity index (χ2v) is 7.88. The SMILES string of the molecule is Cc1cc(=O)[nH]c(SCC(=O)Nc2sc3c(c2C(N)=O)CCCC3)n1. The fourth-order valence-corrected chi connectivity index (χ4v) is 4.86. The van der Waals surface area contributed by atoms with Crippen molar-refractivity contribution in [1.82, 2.24) is 9.97 Å². The summed E-state index contributed by atoms with van der Waals surface area (Å²) in [5.74, 6) is -0.699. The zero-order valence-electron chi connectivity index (χ0n) is 13.7. The van der Waals surface area contributed by atoms with Crippen LogP contribution in [0.25, 0.3) is 0 Å². The number of thiophene rings is 1. The molecule has 0 atom stereocenters. The molecular weight excluding hydrogens is 360 g/mol. The van der Waals surface area contributed by atoms with E-state index in [0.717, 1.165) is 47.9 Å². The molecule has 0 bridgehead atoms. The normalized spacial score (nSPS) is 13.3. The highest BCUT2D eigenvalue weighted by atomic mass is 32.2. The number of nitrogens with two attached hydrogens (primary N) is 1. The van der Waals surface area contributed by atoms with Crippen LogP contribution in [-0.4, -0.2) is 27.5 Å². The first kappa shape index (κ1) is 17.7. The van der Waals surface area contributed by atoms with E-state index in [1.165, 1.54) is 17.4 Å². The Morgan fingerprint density at radius 1 is 1.40 bits per heavy atom. The van der Waals surface area contributed by atoms with Crippen LogP contribution in [0.4, 0.5) is 5.00 Å². The maximum absolute atomic E-state index is 12.2. The van der Waals surface area contributed by atoms with Gasteiger partial charge in [0.1, 0.15) is 5.00 Å². The summed E-state index contributed by atoms with van der Waals surface area (Å²) in [5, 5.41) is 3.70. The molecule has 0 saturated carbocycles. The van der Waals surface area contributed by atoms with Gasteiger partial charge in [0.2, 0.25) is 5.91 Å². The van der Waals surface area contributed by atoms with Crippen LogP contribution in [0.2, 0.25) is 0 Å². The molecule has 0 radical (unpaired) electrons. The maximum Gasteiger partial charge on any atom is 0.251 e. The second kappa shape index (κ2) is 7.40. The number of H-pyrrole nitrogens is 1. The third-order valence-electron chi connectivity index (χ3n) is 3.86. The van der Waals surface area contributed by atoms with Crippen LogP contribution in [-0.2, 0) is 17.6 Å². The van der Waals surface area contributed by atoms with Crippen LogP contribution in [0.1, 0.15) is 39.3 Å². The Bertz CT molecular complexity index is 888. The summed E-state index contributed by atoms with van der Waals surface area (Å²) in [6.07, 6.45) is 3.85. The van der Waals surface area contributed by atoms with Gasteiger partial charge in [0.15, 0.2) is 5.16 Å². The summed E-state index contributed by atoms with van der Waals surface area (Å²) in [6, 6.07) is 1.39. The average Bonchev–Trinajstić information content (AvgIpc) is 2.90. The largest absolute Gasteiger partial charge is 0.365 e. The van der Waals surface area contributed by atoms with Gasteiger partial charge in [-0.05, 0) is 38.2 Å². The molecule has 1 aliphatic carbocycles. The summed E-state index contributed by atoms with van der Waals surface area (Å²) in [6.45, 7) is 1.72. The molecule has 1 aliphatic rings. The molecule has 2 aromatic rings. The lowest BCUT2D eigenvalue weighted by atomic mass is 9.95. The van der Waals surface area contributed by atoms with E-state index in [2.05, 4.69) is 15.3 Å². The number of carbonyl (C=O) groups excluding carboxylic acids is 2. The fourth-order valence-electron chi connectivity index (χ4n) is 2.83. The minimum absolute atomic E-state index is 0.0765. The molecule has 2 amide bonds. The van der Waals surface area contributed by atoms with Gasteiger partial charge in [-0.2, -0.15) is 0 Å². The standard InChI is InChI=1S/C16H18N4O3S2/c1-8-6-11(21)20-16(18-8)24-7-12(22)19-15-13(14(17)23)9-4-2-3-5-10(9)25-15/h6H,2-5,7H2,1H3,(H2,17,23)(H,19,22)(H,18,20,21). The van der Waals surface area contributed by atoms with E-state index in [1.807, 2.05) is 0 Å². The van der Waals surface area contributed by atoms with Gasteiger partial charge in [-0.3, -0.25) is 14.4 Å². The molecule has 0 spiro atoms. The molecule has 2 heterocycles. The molecular formula is C16H18N4O3S2. The lowest BCUT2D eigenvalue weighted by Gasteiger charge is -2.11. The quantitative estimate of drug-likeness (QED) is 0.542. The minimum atomic E-state index is -0.507. The van der Waals surface area contributed by atoms with Crippen LogP contribution in [0, 0.1) is 6.92 Å². The number of fused-ring (bicyclic) bond motifs is 1. The van der Waals surface area contributed by atoms with Crippen LogP contribution in [0.5, 0.6) is 0 Å². The van der Waals surface area contributed by atoms with Crippen molar-refractivity contribution in [1.29, 1.82) is 0 Å². The minimum Gasteiger partial charge on any atom is -0.365 e. The number of amides is 2. The van der Waals surface area contributed by atoms with Crippen molar-refractivity contribution in [2.45, 2.75) is 37.8 Å². The van der Waals surface area contributed by atoms with E-state index in [0.29, 0.717) is 21.4 Å². The van der Waals surface area contributed by atoms with Crippen LogP contribution < -0.4 is 16.6 Å². The Morgan fingerprint density at radius 3 is 2.88 bits per heavy atom. The molecule has 2 aromatic heterocycles. The predicted octanol–water partition coefficient (Wildman–Crippen LogP) is 1.85. The molecule has 3 rings (SSSR count). The number of anilines is 1. The molecule has 25 heavy (non-hydrogen) atoms. The first-order valence-corrected chi connectivity index (χ1v) is 9.69. The van der Waals surface area contributed by atoms with Crippen molar-refractivity contribution < 1.29 is 9.59 Å². The van der Waals surface area contributed by atoms with Gasteiger partial charge >= 0.3 is 0 Å². The van der Waals surface area contributed by atoms with Gasteiger partial charge in [-0.15, -0.1) is 11.3 Å². The third kappa shape index (κ3) is 4.10. The molecule has 7 nitrogen and oxygen atoms in total. The van der Waals surface area contributed by atoms with Gasteiger partial charge in [0.05, 0.1) is 11.3 Å². The number of carbonyl (C=O) groups is 2. The molecule has 132 valence electrons. The van der Waals surface area contributed by atoms with Crippen LogP contribution >= 0.6 is 23.1 Å². The molecule has 4 N–H and O–H groups in total. The number of aryl methyl sites for hydroxylation is 2. The summed E-state index contributed by atoms with van der Waals surface area (Å²) < 4.78 is 0. The predicted molar refractivity (Wildman–Crippen MR) is 98.4 cm³/mol. The average molecular weight is 378 g/mol. The summed E-state index contributed by atoms with van der Waals surface area (Å²) in [5.41, 5.74) is 7.28. The summed E-state index contributed by atoms with van der Waals surface area (Å²) in [7, 11) is 0. The van der Waals surface area contributed by atoms with Crippen LogP contribution in [0.15, 0.2) is 16.0 Å². The van der Waals surface area contributed by atoms with Crippen molar-refractivity contribution in [3.63, 3.8) is 0 Å². The van der Waals surface area contributed by atoms with Gasteiger partial charge in [0, 0.05) is 16.6 Å². The molecule has 0 aliphatic heterocycles. The van der Waals surface area contributed by atoms with Crippen molar-refractivity contribution in [3.8, 4) is 0 Å². The van der Waals surface area contributed by atoms with E-state index in [-0.39, 0.29) is 17.2 Å². The Balaban J connectivity index is 1.71. The van der Waals surface area contributed by atoms with E-state index in [9.17, 15) is 14.4 Å². The van der Waals surface area contributed by atoms with E-state index >= 15 is 0 Å². The van der Waals surface area contributed by atoms with Crippen molar-refractivity contribution in [2.75, 3.05) is 11.1 Å². The Hall–Kier alpha value is -2.13. The molecule has 0 unspecified atom stereocenters. The molecule has 0 saturated heterocycles. The van der Waals surface area contributed by atoms with Gasteiger partial charge in [-0.1, -0.05) is 11.8 Å². The number of thioether (sulfide) groups is 1. The zero-order valence-corrected chi connectivity index (χ0v) is 15.3. The van der Waals surface area contributed by atoms with Crippen molar-refractivity contribution >= 4 is 39.9 Å². The Kier molecular flexibility index (Phi) is 5.24. The van der Waals surface area contributed by atoms with E-state index in [4.69, 9.17) is 5.73 Å². The Labute approximate surface area is 152 Å². The monoisotopic (exact) mass is 378 g/mol. The molecule has 9 heteroatoms. The number of aromatic amines is 1. The smallest absolute Gasteiger partial charge is 0.251 e. The second-order valence-electron chi connectivity index (χ2n) is 5.81. The highest BCUT2D eigenvalue weighted by molar-refractivity contribution is 7.99. The van der Waals surface area contributed by atoms with Gasteiger partial charge in [0.25, 0.3) is 11.5 Å². The first-order chi connectivity index (χ1) is 11.9. The highest BCUT2D eigenvalue weighted by Gasteiger charge is 2.24. The van der Waals surface area contributed by atoms with Crippen molar-refractivity contribution in [3.05, 3.63) is 38.1 Å². The van der Waals surface area contributed by atoms with Gasteiger partial charge < -0.3 is 16.0 Å². The third-order valence-corrected chi connectivity index (χ3v) is 5.94. The highest BCUT2D eigenvalue weighted by Crippen LogP contribution is 2.37. The number of nitrogens with one attached hydrogen (secondary N) is 2. The number of primary amides is 1. The lowest BCUT2D eigenvalue weighted by Crippen LogP contribution is -2.19. The number of aromatic nitrogens is 2. The summed E-state index contributed by atoms with van der Waals surface area (Å²) in [4.78, 5) is 43.4. The van der Waals surface area contributed by atoms with Crippen LogP contribution in [0.3, 0.4) is 0 Å². The number of nitrogens with zero attached hydrogens (tertiary/aromatic N) is 1. The van der Waals surface area contributed by atoms with Gasteiger partial charge in [-0.25, -0.2) is 4.98 Å². The topological polar surface area (TPSA) is 118 Å². The summed E-state index contributed by atoms with van der Waals surface area (Å²) >= 11 is 2.56.